The summed E-state index contributed by atoms with van der Waals surface area (Å²) >= 11 is 0. The van der Waals surface area contributed by atoms with Crippen LogP contribution in [0.4, 0.5) is 0 Å². The van der Waals surface area contributed by atoms with Gasteiger partial charge in [0.2, 0.25) is 0 Å². The summed E-state index contributed by atoms with van der Waals surface area (Å²) in [5.41, 5.74) is 1.34. The van der Waals surface area contributed by atoms with Crippen molar-refractivity contribution in [3.05, 3.63) is 29.8 Å². The Balaban J connectivity index is 0.00000162. The summed E-state index contributed by atoms with van der Waals surface area (Å²) in [6.45, 7) is 9.61. The van der Waals surface area contributed by atoms with Crippen molar-refractivity contribution in [3.8, 4) is 5.75 Å². The Bertz CT molecular complexity index is 351. The first kappa shape index (κ1) is 15.3. The number of piperazine rings is 1. The third-order valence-electron chi connectivity index (χ3n) is 2.89. The summed E-state index contributed by atoms with van der Waals surface area (Å²) in [5.74, 6) is 0.979. The van der Waals surface area contributed by atoms with Gasteiger partial charge in [-0.15, -0.1) is 12.4 Å². The van der Waals surface area contributed by atoms with Crippen molar-refractivity contribution in [1.29, 1.82) is 0 Å². The molecule has 0 bridgehead atoms. The Kier molecular flexibility index (Phi) is 6.47. The van der Waals surface area contributed by atoms with E-state index >= 15 is 0 Å². The molecule has 0 radical (unpaired) electrons. The van der Waals surface area contributed by atoms with Gasteiger partial charge in [0.15, 0.2) is 0 Å². The lowest BCUT2D eigenvalue weighted by Gasteiger charge is -2.27. The van der Waals surface area contributed by atoms with Crippen LogP contribution in [0.1, 0.15) is 19.4 Å². The van der Waals surface area contributed by atoms with Crippen molar-refractivity contribution in [2.45, 2.75) is 26.5 Å². The lowest BCUT2D eigenvalue weighted by atomic mass is 10.2. The number of hydrogen-bond donors (Lipinski definition) is 1. The third-order valence-corrected chi connectivity index (χ3v) is 2.89. The van der Waals surface area contributed by atoms with Crippen LogP contribution in [0.5, 0.6) is 5.75 Å². The minimum absolute atomic E-state index is 0. The molecule has 1 aromatic carbocycles. The van der Waals surface area contributed by atoms with Crippen LogP contribution in [0, 0.1) is 0 Å². The highest BCUT2D eigenvalue weighted by molar-refractivity contribution is 5.85. The Morgan fingerprint density at radius 3 is 2.67 bits per heavy atom. The molecule has 18 heavy (non-hydrogen) atoms. The molecule has 1 fully saturated rings. The highest BCUT2D eigenvalue weighted by atomic mass is 35.5. The van der Waals surface area contributed by atoms with E-state index < -0.39 is 0 Å². The molecule has 1 aliphatic rings. The zero-order chi connectivity index (χ0) is 12.1. The highest BCUT2D eigenvalue weighted by Gasteiger charge is 2.10. The van der Waals surface area contributed by atoms with Crippen LogP contribution in [-0.2, 0) is 6.54 Å². The lowest BCUT2D eigenvalue weighted by Crippen LogP contribution is -2.42. The minimum Gasteiger partial charge on any atom is -0.491 e. The summed E-state index contributed by atoms with van der Waals surface area (Å²) in [6.07, 6.45) is 0.240. The molecule has 0 aromatic heterocycles. The first-order valence-corrected chi connectivity index (χ1v) is 6.43. The molecular weight excluding hydrogens is 248 g/mol. The van der Waals surface area contributed by atoms with E-state index in [9.17, 15) is 0 Å². The monoisotopic (exact) mass is 270 g/mol. The zero-order valence-electron chi connectivity index (χ0n) is 11.2. The second-order valence-corrected chi connectivity index (χ2v) is 4.84. The van der Waals surface area contributed by atoms with Gasteiger partial charge in [-0.3, -0.25) is 4.90 Å². The average molecular weight is 271 g/mol. The first-order valence-electron chi connectivity index (χ1n) is 6.43. The van der Waals surface area contributed by atoms with Crippen LogP contribution < -0.4 is 10.1 Å². The lowest BCUT2D eigenvalue weighted by molar-refractivity contribution is 0.229. The fraction of sp³-hybridized carbons (Fsp3) is 0.571. The SMILES string of the molecule is CC(C)Oc1cccc(CN2CCNCC2)c1.Cl. The Morgan fingerprint density at radius 1 is 1.28 bits per heavy atom. The van der Waals surface area contributed by atoms with E-state index in [0.29, 0.717) is 0 Å². The molecule has 1 saturated heterocycles. The van der Waals surface area contributed by atoms with Crippen LogP contribution in [-0.4, -0.2) is 37.2 Å². The molecule has 1 heterocycles. The molecule has 0 amide bonds. The number of nitrogens with one attached hydrogen (secondary N) is 1. The second-order valence-electron chi connectivity index (χ2n) is 4.84. The number of ether oxygens (including phenoxy) is 1. The largest absolute Gasteiger partial charge is 0.491 e. The fourth-order valence-corrected chi connectivity index (χ4v) is 2.12. The molecule has 102 valence electrons. The van der Waals surface area contributed by atoms with Crippen LogP contribution in [0.3, 0.4) is 0 Å². The van der Waals surface area contributed by atoms with Crippen molar-refractivity contribution in [3.63, 3.8) is 0 Å². The van der Waals surface area contributed by atoms with E-state index in [-0.39, 0.29) is 18.5 Å². The molecule has 3 nitrogen and oxygen atoms in total. The number of halogens is 1. The summed E-state index contributed by atoms with van der Waals surface area (Å²) in [4.78, 5) is 2.48. The van der Waals surface area contributed by atoms with Gasteiger partial charge in [-0.05, 0) is 31.5 Å². The van der Waals surface area contributed by atoms with E-state index in [0.717, 1.165) is 38.5 Å². The Labute approximate surface area is 116 Å². The van der Waals surface area contributed by atoms with Gasteiger partial charge in [0.1, 0.15) is 5.75 Å². The van der Waals surface area contributed by atoms with Gasteiger partial charge in [0.25, 0.3) is 0 Å². The number of rotatable bonds is 4. The third kappa shape index (κ3) is 4.84. The summed E-state index contributed by atoms with van der Waals surface area (Å²) in [5, 5.41) is 3.37. The van der Waals surface area contributed by atoms with Gasteiger partial charge in [-0.2, -0.15) is 0 Å². The van der Waals surface area contributed by atoms with Gasteiger partial charge in [0, 0.05) is 32.7 Å². The molecule has 0 saturated carbocycles. The smallest absolute Gasteiger partial charge is 0.120 e. The van der Waals surface area contributed by atoms with Crippen molar-refractivity contribution >= 4 is 12.4 Å². The quantitative estimate of drug-likeness (QED) is 0.909. The topological polar surface area (TPSA) is 24.5 Å². The van der Waals surface area contributed by atoms with Gasteiger partial charge in [-0.1, -0.05) is 12.1 Å². The van der Waals surface area contributed by atoms with E-state index in [2.05, 4.69) is 42.3 Å². The van der Waals surface area contributed by atoms with Crippen molar-refractivity contribution in [2.24, 2.45) is 0 Å². The molecule has 2 rings (SSSR count). The first-order chi connectivity index (χ1) is 8.24. The summed E-state index contributed by atoms with van der Waals surface area (Å²) in [7, 11) is 0. The maximum Gasteiger partial charge on any atom is 0.120 e. The molecule has 0 aliphatic carbocycles. The molecule has 1 aromatic rings. The van der Waals surface area contributed by atoms with E-state index in [1.54, 1.807) is 0 Å². The molecule has 0 spiro atoms. The summed E-state index contributed by atoms with van der Waals surface area (Å²) < 4.78 is 5.71. The zero-order valence-corrected chi connectivity index (χ0v) is 12.0. The molecular formula is C14H23ClN2O. The van der Waals surface area contributed by atoms with Crippen LogP contribution in [0.15, 0.2) is 24.3 Å². The fourth-order valence-electron chi connectivity index (χ4n) is 2.12. The van der Waals surface area contributed by atoms with Crippen LogP contribution in [0.2, 0.25) is 0 Å². The van der Waals surface area contributed by atoms with E-state index in [1.165, 1.54) is 5.56 Å². The molecule has 4 heteroatoms. The van der Waals surface area contributed by atoms with Gasteiger partial charge < -0.3 is 10.1 Å². The van der Waals surface area contributed by atoms with Gasteiger partial charge in [0.05, 0.1) is 6.10 Å². The van der Waals surface area contributed by atoms with Crippen molar-refractivity contribution in [2.75, 3.05) is 26.2 Å². The Hall–Kier alpha value is -0.770. The predicted molar refractivity (Wildman–Crippen MR) is 77.6 cm³/mol. The van der Waals surface area contributed by atoms with Gasteiger partial charge in [-0.25, -0.2) is 0 Å². The second kappa shape index (κ2) is 7.62. The van der Waals surface area contributed by atoms with Crippen LogP contribution >= 0.6 is 12.4 Å². The number of hydrogen-bond acceptors (Lipinski definition) is 3. The maximum absolute atomic E-state index is 5.71. The summed E-state index contributed by atoms with van der Waals surface area (Å²) in [6, 6.07) is 8.44. The normalized spacial score (nSPS) is 16.4. The molecule has 1 aliphatic heterocycles. The minimum atomic E-state index is 0. The Morgan fingerprint density at radius 2 is 2.00 bits per heavy atom. The number of nitrogens with zero attached hydrogens (tertiary/aromatic N) is 1. The maximum atomic E-state index is 5.71. The van der Waals surface area contributed by atoms with Crippen molar-refractivity contribution in [1.82, 2.24) is 10.2 Å². The van der Waals surface area contributed by atoms with Gasteiger partial charge >= 0.3 is 0 Å². The van der Waals surface area contributed by atoms with Crippen molar-refractivity contribution < 1.29 is 4.74 Å². The standard InChI is InChI=1S/C14H22N2O.ClH/c1-12(2)17-14-5-3-4-13(10-14)11-16-8-6-15-7-9-16;/h3-5,10,12,15H,6-9,11H2,1-2H3;1H. The molecule has 0 unspecified atom stereocenters. The van der Waals surface area contributed by atoms with Crippen LogP contribution in [0.25, 0.3) is 0 Å². The molecule has 1 N–H and O–H groups in total. The number of benzene rings is 1. The predicted octanol–water partition coefficient (Wildman–Crippen LogP) is 2.30. The molecule has 0 atom stereocenters. The van der Waals surface area contributed by atoms with E-state index in [4.69, 9.17) is 4.74 Å². The highest BCUT2D eigenvalue weighted by Crippen LogP contribution is 2.16. The average Bonchev–Trinajstić information content (AvgIpc) is 2.30. The van der Waals surface area contributed by atoms with E-state index in [1.807, 2.05) is 6.07 Å².